The van der Waals surface area contributed by atoms with Gasteiger partial charge in [0.05, 0.1) is 0 Å². The minimum atomic E-state index is -0.514. The summed E-state index contributed by atoms with van der Waals surface area (Å²) < 4.78 is 5.15. The van der Waals surface area contributed by atoms with Crippen molar-refractivity contribution in [3.8, 4) is 0 Å². The quantitative estimate of drug-likeness (QED) is 0.605. The maximum Gasteiger partial charge on any atom is 0.407 e. The first-order valence-electron chi connectivity index (χ1n) is 9.95. The van der Waals surface area contributed by atoms with Crippen molar-refractivity contribution in [1.29, 1.82) is 0 Å². The van der Waals surface area contributed by atoms with E-state index in [1.807, 2.05) is 45.0 Å². The summed E-state index contributed by atoms with van der Waals surface area (Å²) in [6, 6.07) is 8.42. The highest BCUT2D eigenvalue weighted by atomic mass is 16.6. The second-order valence-corrected chi connectivity index (χ2v) is 8.14. The van der Waals surface area contributed by atoms with Crippen LogP contribution >= 0.6 is 0 Å². The maximum absolute atomic E-state index is 12.0. The van der Waals surface area contributed by atoms with Crippen LogP contribution in [0.5, 0.6) is 0 Å². The Kier molecular flexibility index (Phi) is 7.95. The van der Waals surface area contributed by atoms with Gasteiger partial charge in [-0.15, -0.1) is 0 Å². The van der Waals surface area contributed by atoms with Crippen LogP contribution in [0, 0.1) is 0 Å². The highest BCUT2D eigenvalue weighted by Crippen LogP contribution is 2.22. The second-order valence-electron chi connectivity index (χ2n) is 8.14. The fraction of sp³-hybridized carbons (Fsp3) is 0.619. The molecule has 0 aliphatic heterocycles. The van der Waals surface area contributed by atoms with Gasteiger partial charge in [0.2, 0.25) is 5.91 Å². The third-order valence-corrected chi connectivity index (χ3v) is 4.39. The molecule has 0 spiro atoms. The van der Waals surface area contributed by atoms with Crippen LogP contribution in [0.4, 0.5) is 16.2 Å². The predicted molar refractivity (Wildman–Crippen MR) is 109 cm³/mol. The highest BCUT2D eigenvalue weighted by molar-refractivity contribution is 5.90. The van der Waals surface area contributed by atoms with Gasteiger partial charge in [-0.25, -0.2) is 4.79 Å². The van der Waals surface area contributed by atoms with E-state index in [1.54, 1.807) is 0 Å². The normalized spacial score (nSPS) is 15.1. The Morgan fingerprint density at radius 2 is 1.67 bits per heavy atom. The minimum absolute atomic E-state index is 0.0611. The summed E-state index contributed by atoms with van der Waals surface area (Å²) in [4.78, 5) is 23.5. The van der Waals surface area contributed by atoms with Crippen molar-refractivity contribution in [2.45, 2.75) is 77.4 Å². The number of rotatable bonds is 7. The molecule has 27 heavy (non-hydrogen) atoms. The largest absolute Gasteiger partial charge is 0.444 e. The van der Waals surface area contributed by atoms with Crippen molar-refractivity contribution in [2.24, 2.45) is 0 Å². The number of carbonyl (C=O) groups is 2. The Labute approximate surface area is 162 Å². The Morgan fingerprint density at radius 3 is 2.30 bits per heavy atom. The third kappa shape index (κ3) is 8.80. The lowest BCUT2D eigenvalue weighted by Crippen LogP contribution is -2.33. The van der Waals surface area contributed by atoms with E-state index in [1.165, 1.54) is 32.1 Å². The van der Waals surface area contributed by atoms with E-state index in [0.29, 0.717) is 25.4 Å². The summed E-state index contributed by atoms with van der Waals surface area (Å²) in [5.41, 5.74) is 1.37. The number of carbonyl (C=O) groups excluding carboxylic acids is 2. The molecule has 0 saturated heterocycles. The molecule has 0 bridgehead atoms. The molecule has 0 radical (unpaired) electrons. The number of benzene rings is 1. The molecule has 1 saturated carbocycles. The standard InChI is InChI=1S/C21H33N3O3/c1-21(2,3)27-20(26)22-15-7-10-19(25)24-18-13-11-17(12-14-18)23-16-8-5-4-6-9-16/h11-14,16,23H,4-10,15H2,1-3H3,(H,22,26)(H,24,25). The van der Waals surface area contributed by atoms with E-state index in [9.17, 15) is 9.59 Å². The van der Waals surface area contributed by atoms with Crippen molar-refractivity contribution in [1.82, 2.24) is 5.32 Å². The van der Waals surface area contributed by atoms with Crippen LogP contribution in [-0.4, -0.2) is 30.2 Å². The lowest BCUT2D eigenvalue weighted by molar-refractivity contribution is -0.116. The Hall–Kier alpha value is -2.24. The van der Waals surface area contributed by atoms with Gasteiger partial charge in [0, 0.05) is 30.4 Å². The molecule has 1 aromatic rings. The predicted octanol–water partition coefficient (Wildman–Crippen LogP) is 4.67. The number of hydrogen-bond donors (Lipinski definition) is 3. The lowest BCUT2D eigenvalue weighted by atomic mass is 9.95. The van der Waals surface area contributed by atoms with Gasteiger partial charge >= 0.3 is 6.09 Å². The molecule has 2 amide bonds. The van der Waals surface area contributed by atoms with E-state index < -0.39 is 11.7 Å². The first-order chi connectivity index (χ1) is 12.8. The molecule has 3 N–H and O–H groups in total. The van der Waals surface area contributed by atoms with Gasteiger partial charge in [0.1, 0.15) is 5.60 Å². The molecule has 1 aromatic carbocycles. The zero-order valence-corrected chi connectivity index (χ0v) is 16.8. The van der Waals surface area contributed by atoms with Crippen molar-refractivity contribution in [3.63, 3.8) is 0 Å². The average molecular weight is 376 g/mol. The van der Waals surface area contributed by atoms with Crippen LogP contribution < -0.4 is 16.0 Å². The van der Waals surface area contributed by atoms with Crippen LogP contribution in [0.2, 0.25) is 0 Å². The topological polar surface area (TPSA) is 79.5 Å². The van der Waals surface area contributed by atoms with Crippen LogP contribution in [0.25, 0.3) is 0 Å². The fourth-order valence-corrected chi connectivity index (χ4v) is 3.11. The molecular formula is C21H33N3O3. The van der Waals surface area contributed by atoms with Crippen molar-refractivity contribution < 1.29 is 14.3 Å². The lowest BCUT2D eigenvalue weighted by Gasteiger charge is -2.23. The van der Waals surface area contributed by atoms with Gasteiger partial charge in [-0.2, -0.15) is 0 Å². The van der Waals surface area contributed by atoms with E-state index in [-0.39, 0.29) is 5.91 Å². The number of amides is 2. The Balaban J connectivity index is 1.64. The molecule has 1 fully saturated rings. The monoisotopic (exact) mass is 375 g/mol. The van der Waals surface area contributed by atoms with Gasteiger partial charge in [-0.3, -0.25) is 4.79 Å². The van der Waals surface area contributed by atoms with Gasteiger partial charge in [-0.1, -0.05) is 19.3 Å². The molecule has 6 heteroatoms. The number of ether oxygens (including phenoxy) is 1. The van der Waals surface area contributed by atoms with E-state index in [4.69, 9.17) is 4.74 Å². The summed E-state index contributed by atoms with van der Waals surface area (Å²) in [6.45, 7) is 5.86. The van der Waals surface area contributed by atoms with Crippen molar-refractivity contribution in [3.05, 3.63) is 24.3 Å². The summed E-state index contributed by atoms with van der Waals surface area (Å²) in [6.07, 6.45) is 6.86. The zero-order valence-electron chi connectivity index (χ0n) is 16.8. The second kappa shape index (κ2) is 10.2. The summed E-state index contributed by atoms with van der Waals surface area (Å²) in [5, 5.41) is 9.11. The summed E-state index contributed by atoms with van der Waals surface area (Å²) >= 11 is 0. The molecule has 0 unspecified atom stereocenters. The van der Waals surface area contributed by atoms with Gasteiger partial charge in [-0.05, 0) is 64.3 Å². The van der Waals surface area contributed by atoms with Gasteiger partial charge < -0.3 is 20.7 Å². The van der Waals surface area contributed by atoms with Crippen LogP contribution in [0.3, 0.4) is 0 Å². The van der Waals surface area contributed by atoms with Crippen molar-refractivity contribution >= 4 is 23.4 Å². The molecule has 0 heterocycles. The van der Waals surface area contributed by atoms with E-state index in [0.717, 1.165) is 11.4 Å². The van der Waals surface area contributed by atoms with Gasteiger partial charge in [0.25, 0.3) is 0 Å². The summed E-state index contributed by atoms with van der Waals surface area (Å²) in [5.74, 6) is -0.0611. The molecule has 1 aliphatic rings. The van der Waals surface area contributed by atoms with E-state index in [2.05, 4.69) is 16.0 Å². The maximum atomic E-state index is 12.0. The molecule has 0 aromatic heterocycles. The number of alkyl carbamates (subject to hydrolysis) is 1. The first kappa shape index (κ1) is 21.1. The van der Waals surface area contributed by atoms with E-state index >= 15 is 0 Å². The van der Waals surface area contributed by atoms with Crippen LogP contribution in [-0.2, 0) is 9.53 Å². The molecule has 6 nitrogen and oxygen atoms in total. The highest BCUT2D eigenvalue weighted by Gasteiger charge is 2.15. The average Bonchev–Trinajstić information content (AvgIpc) is 2.60. The number of hydrogen-bond acceptors (Lipinski definition) is 4. The van der Waals surface area contributed by atoms with Gasteiger partial charge in [0.15, 0.2) is 0 Å². The minimum Gasteiger partial charge on any atom is -0.444 e. The SMILES string of the molecule is CC(C)(C)OC(=O)NCCCC(=O)Nc1ccc(NC2CCCCC2)cc1. The van der Waals surface area contributed by atoms with Crippen LogP contribution in [0.1, 0.15) is 65.7 Å². The van der Waals surface area contributed by atoms with Crippen LogP contribution in [0.15, 0.2) is 24.3 Å². The molecule has 0 atom stereocenters. The third-order valence-electron chi connectivity index (χ3n) is 4.39. The zero-order chi connectivity index (χ0) is 19.7. The Bertz CT molecular complexity index is 602. The smallest absolute Gasteiger partial charge is 0.407 e. The van der Waals surface area contributed by atoms with Crippen molar-refractivity contribution in [2.75, 3.05) is 17.2 Å². The summed E-state index contributed by atoms with van der Waals surface area (Å²) in [7, 11) is 0. The first-order valence-corrected chi connectivity index (χ1v) is 9.95. The fourth-order valence-electron chi connectivity index (χ4n) is 3.11. The molecule has 2 rings (SSSR count). The Morgan fingerprint density at radius 1 is 1.04 bits per heavy atom. The molecular weight excluding hydrogens is 342 g/mol. The molecule has 150 valence electrons. The molecule has 1 aliphatic carbocycles. The number of nitrogens with one attached hydrogen (secondary N) is 3. The number of anilines is 2.